The summed E-state index contributed by atoms with van der Waals surface area (Å²) >= 11 is 0. The highest BCUT2D eigenvalue weighted by molar-refractivity contribution is 6.02. The summed E-state index contributed by atoms with van der Waals surface area (Å²) in [7, 11) is 0. The highest BCUT2D eigenvalue weighted by Crippen LogP contribution is 2.27. The van der Waals surface area contributed by atoms with Gasteiger partial charge in [-0.05, 0) is 5.56 Å². The van der Waals surface area contributed by atoms with Gasteiger partial charge in [0.25, 0.3) is 5.91 Å². The molecule has 124 valence electrons. The van der Waals surface area contributed by atoms with E-state index in [9.17, 15) is 18.0 Å². The predicted molar refractivity (Wildman–Crippen MR) is 79.3 cm³/mol. The number of anilines is 1. The standard InChI is InChI=1S/C15H12F3N5O/c16-15(17,18)12-8-11(20-21-12)14(24)19-13-6-7-23(22-13)9-10-4-2-1-3-5-10/h1-8H,9H2,(H,20,21)(H,19,22,24). The van der Waals surface area contributed by atoms with Crippen LogP contribution in [0.4, 0.5) is 19.0 Å². The zero-order chi connectivity index (χ0) is 17.2. The number of alkyl halides is 3. The van der Waals surface area contributed by atoms with Gasteiger partial charge in [-0.25, -0.2) is 0 Å². The SMILES string of the molecule is O=C(Nc1ccn(Cc2ccccc2)n1)c1cc(C(F)(F)F)[nH]n1. The monoisotopic (exact) mass is 335 g/mol. The first-order valence-electron chi connectivity index (χ1n) is 6.93. The minimum Gasteiger partial charge on any atom is -0.304 e. The van der Waals surface area contributed by atoms with Gasteiger partial charge < -0.3 is 5.32 Å². The largest absolute Gasteiger partial charge is 0.432 e. The van der Waals surface area contributed by atoms with E-state index >= 15 is 0 Å². The van der Waals surface area contributed by atoms with E-state index < -0.39 is 17.8 Å². The van der Waals surface area contributed by atoms with Crippen LogP contribution in [-0.2, 0) is 12.7 Å². The van der Waals surface area contributed by atoms with Crippen molar-refractivity contribution in [3.63, 3.8) is 0 Å². The van der Waals surface area contributed by atoms with E-state index in [0.29, 0.717) is 12.6 Å². The predicted octanol–water partition coefficient (Wildman–Crippen LogP) is 2.93. The number of nitrogens with one attached hydrogen (secondary N) is 2. The van der Waals surface area contributed by atoms with Gasteiger partial charge in [0, 0.05) is 18.3 Å². The van der Waals surface area contributed by atoms with Crippen LogP contribution in [0.2, 0.25) is 0 Å². The second-order valence-electron chi connectivity index (χ2n) is 5.00. The van der Waals surface area contributed by atoms with Gasteiger partial charge in [0.05, 0.1) is 6.54 Å². The first-order chi connectivity index (χ1) is 11.4. The highest BCUT2D eigenvalue weighted by Gasteiger charge is 2.33. The van der Waals surface area contributed by atoms with Crippen molar-refractivity contribution < 1.29 is 18.0 Å². The Morgan fingerprint density at radius 1 is 1.21 bits per heavy atom. The number of carbonyl (C=O) groups excluding carboxylic acids is 1. The van der Waals surface area contributed by atoms with Gasteiger partial charge in [-0.2, -0.15) is 23.4 Å². The number of aromatic nitrogens is 4. The summed E-state index contributed by atoms with van der Waals surface area (Å²) in [6.45, 7) is 0.511. The van der Waals surface area contributed by atoms with Crippen LogP contribution in [0.15, 0.2) is 48.7 Å². The molecular formula is C15H12F3N5O. The van der Waals surface area contributed by atoms with Crippen LogP contribution in [-0.4, -0.2) is 25.9 Å². The van der Waals surface area contributed by atoms with E-state index in [1.165, 1.54) is 0 Å². The van der Waals surface area contributed by atoms with Gasteiger partial charge in [-0.3, -0.25) is 14.6 Å². The molecule has 0 aliphatic rings. The zero-order valence-corrected chi connectivity index (χ0v) is 12.2. The normalized spacial score (nSPS) is 11.5. The number of halogens is 3. The molecule has 3 rings (SSSR count). The third-order valence-electron chi connectivity index (χ3n) is 3.19. The first kappa shape index (κ1) is 15.8. The molecule has 6 nitrogen and oxygen atoms in total. The number of hydrogen-bond acceptors (Lipinski definition) is 3. The Labute approximate surface area is 134 Å². The fraction of sp³-hybridized carbons (Fsp3) is 0.133. The van der Waals surface area contributed by atoms with E-state index in [1.54, 1.807) is 22.0 Å². The molecule has 0 unspecified atom stereocenters. The lowest BCUT2D eigenvalue weighted by Gasteiger charge is -2.02. The van der Waals surface area contributed by atoms with Gasteiger partial charge in [-0.1, -0.05) is 30.3 Å². The van der Waals surface area contributed by atoms with Crippen molar-refractivity contribution in [1.29, 1.82) is 0 Å². The van der Waals surface area contributed by atoms with Crippen LogP contribution in [0, 0.1) is 0 Å². The van der Waals surface area contributed by atoms with Gasteiger partial charge in [0.2, 0.25) is 0 Å². The molecule has 1 amide bonds. The molecule has 0 bridgehead atoms. The maximum atomic E-state index is 12.5. The molecule has 1 aromatic carbocycles. The smallest absolute Gasteiger partial charge is 0.304 e. The summed E-state index contributed by atoms with van der Waals surface area (Å²) in [5, 5.41) is 11.7. The van der Waals surface area contributed by atoms with Crippen molar-refractivity contribution >= 4 is 11.7 Å². The molecule has 9 heteroatoms. The van der Waals surface area contributed by atoms with E-state index in [-0.39, 0.29) is 11.5 Å². The summed E-state index contributed by atoms with van der Waals surface area (Å²) in [4.78, 5) is 11.9. The summed E-state index contributed by atoms with van der Waals surface area (Å²) in [6.07, 6.45) is -2.92. The van der Waals surface area contributed by atoms with Gasteiger partial charge in [-0.15, -0.1) is 0 Å². The van der Waals surface area contributed by atoms with E-state index in [2.05, 4.69) is 15.5 Å². The van der Waals surface area contributed by atoms with Crippen molar-refractivity contribution in [3.8, 4) is 0 Å². The van der Waals surface area contributed by atoms with E-state index in [0.717, 1.165) is 5.56 Å². The summed E-state index contributed by atoms with van der Waals surface area (Å²) in [6, 6.07) is 11.8. The van der Waals surface area contributed by atoms with Crippen molar-refractivity contribution in [2.24, 2.45) is 0 Å². The third-order valence-corrected chi connectivity index (χ3v) is 3.19. The molecule has 2 aromatic heterocycles. The lowest BCUT2D eigenvalue weighted by molar-refractivity contribution is -0.141. The Balaban J connectivity index is 1.66. The van der Waals surface area contributed by atoms with Crippen molar-refractivity contribution in [2.75, 3.05) is 5.32 Å². The Morgan fingerprint density at radius 3 is 2.62 bits per heavy atom. The second kappa shape index (κ2) is 6.19. The second-order valence-corrected chi connectivity index (χ2v) is 5.00. The van der Waals surface area contributed by atoms with E-state index in [4.69, 9.17) is 0 Å². The summed E-state index contributed by atoms with van der Waals surface area (Å²) in [5.74, 6) is -0.542. The molecular weight excluding hydrogens is 323 g/mol. The molecule has 24 heavy (non-hydrogen) atoms. The quantitative estimate of drug-likeness (QED) is 0.770. The minimum atomic E-state index is -4.58. The Kier molecular flexibility index (Phi) is 4.07. The number of H-pyrrole nitrogens is 1. The minimum absolute atomic E-state index is 0.229. The Bertz CT molecular complexity index is 838. The zero-order valence-electron chi connectivity index (χ0n) is 12.2. The molecule has 0 fully saturated rings. The maximum Gasteiger partial charge on any atom is 0.432 e. The van der Waals surface area contributed by atoms with Crippen LogP contribution >= 0.6 is 0 Å². The maximum absolute atomic E-state index is 12.5. The highest BCUT2D eigenvalue weighted by atomic mass is 19.4. The third kappa shape index (κ3) is 3.62. The molecule has 0 saturated carbocycles. The molecule has 2 heterocycles. The van der Waals surface area contributed by atoms with Gasteiger partial charge in [0.1, 0.15) is 5.69 Å². The number of nitrogens with zero attached hydrogens (tertiary/aromatic N) is 3. The average molecular weight is 335 g/mol. The van der Waals surface area contributed by atoms with Crippen LogP contribution in [0.3, 0.4) is 0 Å². The number of aromatic amines is 1. The summed E-state index contributed by atoms with van der Waals surface area (Å²) < 4.78 is 39.1. The van der Waals surface area contributed by atoms with Crippen LogP contribution in [0.5, 0.6) is 0 Å². The molecule has 3 aromatic rings. The lowest BCUT2D eigenvalue weighted by atomic mass is 10.2. The Hall–Kier alpha value is -3.10. The molecule has 0 aliphatic heterocycles. The fourth-order valence-electron chi connectivity index (χ4n) is 2.05. The molecule has 0 saturated heterocycles. The van der Waals surface area contributed by atoms with Gasteiger partial charge >= 0.3 is 6.18 Å². The Morgan fingerprint density at radius 2 is 1.96 bits per heavy atom. The number of hydrogen-bond donors (Lipinski definition) is 2. The number of carbonyl (C=O) groups is 1. The molecule has 2 N–H and O–H groups in total. The molecule has 0 radical (unpaired) electrons. The molecule has 0 aliphatic carbocycles. The number of benzene rings is 1. The topological polar surface area (TPSA) is 75.6 Å². The molecule has 0 atom stereocenters. The molecule has 0 spiro atoms. The van der Waals surface area contributed by atoms with Gasteiger partial charge in [0.15, 0.2) is 11.5 Å². The fourth-order valence-corrected chi connectivity index (χ4v) is 2.05. The lowest BCUT2D eigenvalue weighted by Crippen LogP contribution is -2.13. The summed E-state index contributed by atoms with van der Waals surface area (Å²) in [5.41, 5.74) is -0.414. The van der Waals surface area contributed by atoms with Crippen molar-refractivity contribution in [3.05, 3.63) is 65.6 Å². The number of amides is 1. The van der Waals surface area contributed by atoms with Crippen molar-refractivity contribution in [2.45, 2.75) is 12.7 Å². The average Bonchev–Trinajstić information content (AvgIpc) is 3.17. The van der Waals surface area contributed by atoms with E-state index in [1.807, 2.05) is 30.3 Å². The van der Waals surface area contributed by atoms with Crippen LogP contribution < -0.4 is 5.32 Å². The first-order valence-corrected chi connectivity index (χ1v) is 6.93. The number of rotatable bonds is 4. The van der Waals surface area contributed by atoms with Crippen molar-refractivity contribution in [1.82, 2.24) is 20.0 Å². The van der Waals surface area contributed by atoms with Crippen LogP contribution in [0.1, 0.15) is 21.7 Å². The van der Waals surface area contributed by atoms with Crippen LogP contribution in [0.25, 0.3) is 0 Å².